The minimum absolute atomic E-state index is 0.0512. The zero-order valence-electron chi connectivity index (χ0n) is 15.8. The van der Waals surface area contributed by atoms with E-state index in [2.05, 4.69) is 25.1 Å². The lowest BCUT2D eigenvalue weighted by atomic mass is 9.92. The zero-order valence-corrected chi connectivity index (χ0v) is 17.4. The van der Waals surface area contributed by atoms with Crippen LogP contribution in [-0.4, -0.2) is 28.4 Å². The summed E-state index contributed by atoms with van der Waals surface area (Å²) < 4.78 is 5.75. The number of primary amides is 1. The van der Waals surface area contributed by atoms with E-state index in [9.17, 15) is 4.79 Å². The molecule has 0 bridgehead atoms. The number of fused-ring (bicyclic) bond motifs is 3. The van der Waals surface area contributed by atoms with Gasteiger partial charge in [-0.25, -0.2) is 0 Å². The van der Waals surface area contributed by atoms with Crippen molar-refractivity contribution in [1.82, 2.24) is 5.16 Å². The Morgan fingerprint density at radius 2 is 2.15 bits per heavy atom. The maximum absolute atomic E-state index is 11.7. The van der Waals surface area contributed by atoms with E-state index in [0.29, 0.717) is 0 Å². The number of carbonyl (C=O) groups excluding carboxylic acids is 1. The molecule has 1 atom stereocenters. The number of nitrogens with zero attached hydrogens (tertiary/aromatic N) is 2. The molecule has 0 radical (unpaired) electrons. The second-order valence-corrected chi connectivity index (χ2v) is 9.32. The van der Waals surface area contributed by atoms with Crippen molar-refractivity contribution in [3.05, 3.63) is 33.5 Å². The van der Waals surface area contributed by atoms with Crippen molar-refractivity contribution in [2.45, 2.75) is 46.0 Å². The fourth-order valence-electron chi connectivity index (χ4n) is 3.91. The Hall–Kier alpha value is -1.86. The third-order valence-electron chi connectivity index (χ3n) is 5.35. The lowest BCUT2D eigenvalue weighted by Gasteiger charge is -2.12. The number of aryl methyl sites for hydroxylation is 2. The maximum Gasteiger partial charge on any atom is 0.218 e. The molecule has 0 fully saturated rings. The molecular weight excluding hydrogens is 378 g/mol. The van der Waals surface area contributed by atoms with Gasteiger partial charge in [-0.1, -0.05) is 11.2 Å². The topological polar surface area (TPSA) is 81.5 Å². The summed E-state index contributed by atoms with van der Waals surface area (Å²) >= 11 is 3.62. The van der Waals surface area contributed by atoms with Crippen LogP contribution in [0.3, 0.4) is 0 Å². The third-order valence-corrected chi connectivity index (χ3v) is 7.36. The molecule has 1 aliphatic heterocycles. The van der Waals surface area contributed by atoms with Crippen LogP contribution in [0.5, 0.6) is 0 Å². The number of nitrogens with two attached hydrogens (primary N) is 1. The van der Waals surface area contributed by atoms with Crippen molar-refractivity contribution < 1.29 is 9.32 Å². The maximum atomic E-state index is 11.7. The number of aromatic nitrogens is 1. The average molecular weight is 402 g/mol. The molecule has 27 heavy (non-hydrogen) atoms. The molecule has 0 saturated heterocycles. The molecule has 0 spiro atoms. The van der Waals surface area contributed by atoms with E-state index < -0.39 is 0 Å². The highest BCUT2D eigenvalue weighted by molar-refractivity contribution is 8.00. The number of thioether (sulfide) groups is 1. The van der Waals surface area contributed by atoms with Gasteiger partial charge in [0.25, 0.3) is 0 Å². The largest absolute Gasteiger partial charge is 0.370 e. The Kier molecular flexibility index (Phi) is 4.99. The first-order valence-corrected chi connectivity index (χ1v) is 11.1. The number of carbonyl (C=O) groups is 1. The lowest BCUT2D eigenvalue weighted by molar-refractivity contribution is -0.118. The van der Waals surface area contributed by atoms with Crippen LogP contribution in [0, 0.1) is 20.8 Å². The number of thiophene rings is 1. The van der Waals surface area contributed by atoms with Crippen molar-refractivity contribution in [1.29, 1.82) is 0 Å². The van der Waals surface area contributed by atoms with E-state index in [4.69, 9.17) is 15.2 Å². The SMILES string of the molecule is Cc1noc2c1-c1sc(C)c(C)c1/C(C1=NCSC1)=C\CCC2CC(N)=O. The van der Waals surface area contributed by atoms with Crippen LogP contribution in [0.2, 0.25) is 0 Å². The lowest BCUT2D eigenvalue weighted by Crippen LogP contribution is -2.15. The third kappa shape index (κ3) is 3.27. The quantitative estimate of drug-likeness (QED) is 0.814. The Labute approximate surface area is 167 Å². The van der Waals surface area contributed by atoms with Gasteiger partial charge in [-0.15, -0.1) is 23.1 Å². The number of rotatable bonds is 3. The summed E-state index contributed by atoms with van der Waals surface area (Å²) in [6.07, 6.45) is 4.23. The molecule has 4 rings (SSSR count). The van der Waals surface area contributed by atoms with E-state index in [1.54, 1.807) is 11.3 Å². The van der Waals surface area contributed by atoms with Gasteiger partial charge in [-0.3, -0.25) is 9.79 Å². The predicted octanol–water partition coefficient (Wildman–Crippen LogP) is 4.61. The molecule has 0 aromatic carbocycles. The van der Waals surface area contributed by atoms with Gasteiger partial charge in [-0.05, 0) is 39.2 Å². The molecule has 1 aliphatic carbocycles. The Balaban J connectivity index is 1.96. The van der Waals surface area contributed by atoms with Crippen LogP contribution >= 0.6 is 23.1 Å². The van der Waals surface area contributed by atoms with Gasteiger partial charge >= 0.3 is 0 Å². The van der Waals surface area contributed by atoms with Crippen molar-refractivity contribution in [2.75, 3.05) is 11.6 Å². The number of aliphatic imine (C=N–C) groups is 1. The summed E-state index contributed by atoms with van der Waals surface area (Å²) in [4.78, 5) is 18.9. The van der Waals surface area contributed by atoms with E-state index in [1.807, 2.05) is 18.7 Å². The molecule has 3 heterocycles. The molecule has 7 heteroatoms. The van der Waals surface area contributed by atoms with Crippen LogP contribution < -0.4 is 5.73 Å². The molecule has 5 nitrogen and oxygen atoms in total. The van der Waals surface area contributed by atoms with Crippen molar-refractivity contribution in [3.8, 4) is 10.4 Å². The van der Waals surface area contributed by atoms with Crippen LogP contribution in [0.25, 0.3) is 16.0 Å². The summed E-state index contributed by atoms with van der Waals surface area (Å²) in [5.74, 6) is 2.21. The predicted molar refractivity (Wildman–Crippen MR) is 113 cm³/mol. The first kappa shape index (κ1) is 18.5. The van der Waals surface area contributed by atoms with E-state index in [0.717, 1.165) is 41.5 Å². The second-order valence-electron chi connectivity index (χ2n) is 7.14. The van der Waals surface area contributed by atoms with Crippen molar-refractivity contribution >= 4 is 40.3 Å². The molecular formula is C20H23N3O2S2. The fourth-order valence-corrected chi connectivity index (χ4v) is 5.96. The van der Waals surface area contributed by atoms with Gasteiger partial charge in [0.05, 0.1) is 22.8 Å². The van der Waals surface area contributed by atoms with Gasteiger partial charge in [0, 0.05) is 39.0 Å². The monoisotopic (exact) mass is 401 g/mol. The highest BCUT2D eigenvalue weighted by Gasteiger charge is 2.31. The molecule has 2 aromatic heterocycles. The number of hydrogen-bond donors (Lipinski definition) is 1. The van der Waals surface area contributed by atoms with Crippen LogP contribution in [0.4, 0.5) is 0 Å². The van der Waals surface area contributed by atoms with Gasteiger partial charge in [0.2, 0.25) is 5.91 Å². The summed E-state index contributed by atoms with van der Waals surface area (Å²) in [5, 5.41) is 4.26. The fraction of sp³-hybridized carbons (Fsp3) is 0.450. The minimum Gasteiger partial charge on any atom is -0.370 e. The molecule has 2 aromatic rings. The van der Waals surface area contributed by atoms with Gasteiger partial charge in [-0.2, -0.15) is 0 Å². The Bertz CT molecular complexity index is 968. The Morgan fingerprint density at radius 1 is 1.33 bits per heavy atom. The molecule has 142 valence electrons. The smallest absolute Gasteiger partial charge is 0.218 e. The van der Waals surface area contributed by atoms with Crippen LogP contribution in [0.15, 0.2) is 15.6 Å². The molecule has 2 aliphatic rings. The van der Waals surface area contributed by atoms with Crippen LogP contribution in [0.1, 0.15) is 52.6 Å². The standard InChI is InChI=1S/C20H23N3O2S2/c1-10-12(3)27-20-17(10)14(15-8-26-9-22-15)6-4-5-13(7-16(21)24)19-18(20)11(2)23-25-19/h6,13H,4-5,7-9H2,1-3H3,(H2,21,24)/b14-6-. The van der Waals surface area contributed by atoms with Gasteiger partial charge in [0.1, 0.15) is 5.76 Å². The first-order valence-electron chi connectivity index (χ1n) is 9.14. The van der Waals surface area contributed by atoms with Crippen molar-refractivity contribution in [3.63, 3.8) is 0 Å². The summed E-state index contributed by atoms with van der Waals surface area (Å²) in [6, 6.07) is 0. The van der Waals surface area contributed by atoms with E-state index >= 15 is 0 Å². The Morgan fingerprint density at radius 3 is 2.85 bits per heavy atom. The average Bonchev–Trinajstić information content (AvgIpc) is 3.32. The number of hydrogen-bond acceptors (Lipinski definition) is 6. The van der Waals surface area contributed by atoms with E-state index in [1.165, 1.54) is 32.2 Å². The van der Waals surface area contributed by atoms with Crippen molar-refractivity contribution in [2.24, 2.45) is 10.7 Å². The summed E-state index contributed by atoms with van der Waals surface area (Å²) in [5.41, 5.74) is 12.4. The summed E-state index contributed by atoms with van der Waals surface area (Å²) in [7, 11) is 0. The second kappa shape index (κ2) is 7.28. The number of amides is 1. The molecule has 1 amide bonds. The first-order chi connectivity index (χ1) is 13.0. The number of allylic oxidation sites excluding steroid dienone is 2. The van der Waals surface area contributed by atoms with E-state index in [-0.39, 0.29) is 18.2 Å². The molecule has 2 N–H and O–H groups in total. The normalized spacial score (nSPS) is 21.4. The van der Waals surface area contributed by atoms with Crippen LogP contribution in [-0.2, 0) is 4.79 Å². The summed E-state index contributed by atoms with van der Waals surface area (Å²) in [6.45, 7) is 6.31. The highest BCUT2D eigenvalue weighted by atomic mass is 32.2. The highest BCUT2D eigenvalue weighted by Crippen LogP contribution is 2.47. The minimum atomic E-state index is -0.307. The van der Waals surface area contributed by atoms with Gasteiger partial charge < -0.3 is 10.3 Å². The molecule has 1 unspecified atom stereocenters. The van der Waals surface area contributed by atoms with Gasteiger partial charge in [0.15, 0.2) is 0 Å². The molecule has 0 saturated carbocycles. The zero-order chi connectivity index (χ0) is 19.1.